The predicted octanol–water partition coefficient (Wildman–Crippen LogP) is 5.45. The van der Waals surface area contributed by atoms with Gasteiger partial charge in [0.05, 0.1) is 0 Å². The lowest BCUT2D eigenvalue weighted by Gasteiger charge is -2.05. The summed E-state index contributed by atoms with van der Waals surface area (Å²) in [6.07, 6.45) is 4.89. The minimum atomic E-state index is 1.19. The maximum absolute atomic E-state index is 2.38. The maximum atomic E-state index is 2.38. The molecule has 0 spiro atoms. The molecule has 0 aromatic heterocycles. The second kappa shape index (κ2) is 7.24. The quantitative estimate of drug-likeness (QED) is 0.634. The van der Waals surface area contributed by atoms with Crippen LogP contribution in [0.4, 0.5) is 0 Å². The Balaban J connectivity index is 1.73. The highest BCUT2D eigenvalue weighted by atomic mass is 32.2. The van der Waals surface area contributed by atoms with Crippen molar-refractivity contribution < 1.29 is 0 Å². The van der Waals surface area contributed by atoms with Crippen LogP contribution in [-0.2, 0) is 12.8 Å². The first-order chi connectivity index (χ1) is 9.90. The highest BCUT2D eigenvalue weighted by Crippen LogP contribution is 2.24. The van der Waals surface area contributed by atoms with Crippen LogP contribution in [0, 0.1) is 0 Å². The minimum absolute atomic E-state index is 1.19. The molecule has 0 amide bonds. The smallest absolute Gasteiger partial charge is 0.00746 e. The van der Waals surface area contributed by atoms with Crippen molar-refractivity contribution >= 4 is 23.5 Å². The molecule has 0 saturated heterocycles. The van der Waals surface area contributed by atoms with E-state index in [0.717, 1.165) is 0 Å². The van der Waals surface area contributed by atoms with Gasteiger partial charge in [-0.1, -0.05) is 24.3 Å². The van der Waals surface area contributed by atoms with Crippen LogP contribution in [0.2, 0.25) is 0 Å². The molecule has 0 radical (unpaired) electrons. The van der Waals surface area contributed by atoms with Gasteiger partial charge in [0.15, 0.2) is 0 Å². The Bertz CT molecular complexity index is 499. The normalized spacial score (nSPS) is 16.4. The minimum Gasteiger partial charge on any atom is -0.126 e. The lowest BCUT2D eigenvalue weighted by molar-refractivity contribution is 0.928. The summed E-state index contributed by atoms with van der Waals surface area (Å²) in [6, 6.07) is 18.3. The Morgan fingerprint density at radius 3 is 2.15 bits per heavy atom. The Morgan fingerprint density at radius 1 is 0.650 bits per heavy atom. The molecule has 4 bridgehead atoms. The average molecular weight is 300 g/mol. The van der Waals surface area contributed by atoms with Crippen molar-refractivity contribution in [2.75, 3.05) is 11.5 Å². The van der Waals surface area contributed by atoms with E-state index >= 15 is 0 Å². The Labute approximate surface area is 130 Å². The van der Waals surface area contributed by atoms with E-state index in [1.807, 2.05) is 23.5 Å². The van der Waals surface area contributed by atoms with E-state index in [-0.39, 0.29) is 0 Å². The number of fused-ring (bicyclic) bond motifs is 8. The molecule has 104 valence electrons. The van der Waals surface area contributed by atoms with Gasteiger partial charge in [0.25, 0.3) is 0 Å². The fourth-order valence-corrected chi connectivity index (χ4v) is 4.26. The van der Waals surface area contributed by atoms with Crippen LogP contribution < -0.4 is 0 Å². The van der Waals surface area contributed by atoms with Gasteiger partial charge >= 0.3 is 0 Å². The highest BCUT2D eigenvalue weighted by molar-refractivity contribution is 7.99. The van der Waals surface area contributed by atoms with Crippen LogP contribution in [0.25, 0.3) is 0 Å². The lowest BCUT2D eigenvalue weighted by Crippen LogP contribution is -1.88. The molecule has 0 atom stereocenters. The molecular weight excluding hydrogens is 280 g/mol. The summed E-state index contributed by atoms with van der Waals surface area (Å²) in [6.45, 7) is 0. The van der Waals surface area contributed by atoms with E-state index in [4.69, 9.17) is 0 Å². The molecule has 20 heavy (non-hydrogen) atoms. The molecule has 0 unspecified atom stereocenters. The molecule has 2 heterocycles. The van der Waals surface area contributed by atoms with Crippen molar-refractivity contribution in [2.45, 2.75) is 35.5 Å². The first-order valence-corrected chi connectivity index (χ1v) is 9.31. The first-order valence-electron chi connectivity index (χ1n) is 7.34. The molecule has 2 aromatic carbocycles. The van der Waals surface area contributed by atoms with Crippen molar-refractivity contribution in [2.24, 2.45) is 0 Å². The van der Waals surface area contributed by atoms with Crippen molar-refractivity contribution in [1.82, 2.24) is 0 Å². The van der Waals surface area contributed by atoms with Gasteiger partial charge in [0.1, 0.15) is 0 Å². The predicted molar refractivity (Wildman–Crippen MR) is 91.0 cm³/mol. The van der Waals surface area contributed by atoms with Crippen LogP contribution in [0.1, 0.15) is 24.0 Å². The summed E-state index contributed by atoms with van der Waals surface area (Å²) < 4.78 is 0. The van der Waals surface area contributed by atoms with E-state index in [1.165, 1.54) is 58.1 Å². The second-order valence-corrected chi connectivity index (χ2v) is 7.53. The number of thioether (sulfide) groups is 2. The standard InChI is InChI=1S/C18H20S2/c1-4-16-6-3-12-19-17-10-8-15(9-11-17)5-2-13-20-18(7-1)14-16/h1,4,7-11,14H,2-3,5-6,12-13H2. The van der Waals surface area contributed by atoms with Gasteiger partial charge in [0.2, 0.25) is 0 Å². The molecule has 2 heteroatoms. The third-order valence-corrected chi connectivity index (χ3v) is 5.76. The number of hydrogen-bond donors (Lipinski definition) is 0. The van der Waals surface area contributed by atoms with Gasteiger partial charge in [-0.3, -0.25) is 0 Å². The topological polar surface area (TPSA) is 0 Å². The third kappa shape index (κ3) is 4.07. The monoisotopic (exact) mass is 300 g/mol. The molecule has 2 aliphatic rings. The molecular formula is C18H20S2. The number of hydrogen-bond acceptors (Lipinski definition) is 2. The summed E-state index contributed by atoms with van der Waals surface area (Å²) in [5, 5.41) is 0. The summed E-state index contributed by atoms with van der Waals surface area (Å²) >= 11 is 3.98. The zero-order valence-electron chi connectivity index (χ0n) is 11.7. The third-order valence-electron chi connectivity index (χ3n) is 3.58. The second-order valence-electron chi connectivity index (χ2n) is 5.20. The zero-order valence-corrected chi connectivity index (χ0v) is 13.3. The van der Waals surface area contributed by atoms with Crippen molar-refractivity contribution in [3.63, 3.8) is 0 Å². The lowest BCUT2D eigenvalue weighted by atomic mass is 10.1. The number of aryl methyl sites for hydroxylation is 2. The zero-order chi connectivity index (χ0) is 13.6. The Hall–Kier alpha value is -0.860. The van der Waals surface area contributed by atoms with E-state index in [0.29, 0.717) is 0 Å². The van der Waals surface area contributed by atoms with Gasteiger partial charge in [-0.2, -0.15) is 0 Å². The highest BCUT2D eigenvalue weighted by Gasteiger charge is 2.01. The van der Waals surface area contributed by atoms with Gasteiger partial charge in [-0.15, -0.1) is 23.5 Å². The van der Waals surface area contributed by atoms with Crippen molar-refractivity contribution in [3.8, 4) is 0 Å². The van der Waals surface area contributed by atoms with Gasteiger partial charge in [-0.25, -0.2) is 0 Å². The number of benzene rings is 2. The van der Waals surface area contributed by atoms with E-state index in [1.54, 1.807) is 0 Å². The largest absolute Gasteiger partial charge is 0.126 e. The van der Waals surface area contributed by atoms with Gasteiger partial charge in [-0.05, 0) is 72.6 Å². The van der Waals surface area contributed by atoms with Gasteiger partial charge in [0, 0.05) is 9.79 Å². The van der Waals surface area contributed by atoms with Crippen LogP contribution in [0.5, 0.6) is 0 Å². The fraction of sp³-hybridized carbons (Fsp3) is 0.333. The summed E-state index contributed by atoms with van der Waals surface area (Å²) in [7, 11) is 0. The van der Waals surface area contributed by atoms with Crippen LogP contribution in [0.15, 0.2) is 58.3 Å². The first kappa shape index (κ1) is 14.1. The maximum Gasteiger partial charge on any atom is 0.00746 e. The molecule has 0 fully saturated rings. The Kier molecular flexibility index (Phi) is 5.10. The molecule has 0 nitrogen and oxygen atoms in total. The molecule has 4 rings (SSSR count). The average Bonchev–Trinajstić information content (AvgIpc) is 2.50. The molecule has 0 N–H and O–H groups in total. The summed E-state index contributed by atoms with van der Waals surface area (Å²) in [4.78, 5) is 2.84. The Morgan fingerprint density at radius 2 is 1.35 bits per heavy atom. The summed E-state index contributed by atoms with van der Waals surface area (Å²) in [5.74, 6) is 2.41. The fourth-order valence-electron chi connectivity index (χ4n) is 2.48. The SMILES string of the molecule is c1cc2cc(c1)SCCCc1ccc(cc1)SCCC2. The number of rotatable bonds is 0. The molecule has 2 aliphatic heterocycles. The molecule has 0 saturated carbocycles. The van der Waals surface area contributed by atoms with Crippen LogP contribution in [0.3, 0.4) is 0 Å². The van der Waals surface area contributed by atoms with Crippen LogP contribution in [-0.4, -0.2) is 11.5 Å². The van der Waals surface area contributed by atoms with Gasteiger partial charge < -0.3 is 0 Å². The van der Waals surface area contributed by atoms with E-state index in [9.17, 15) is 0 Å². The molecule has 2 aromatic rings. The van der Waals surface area contributed by atoms with E-state index < -0.39 is 0 Å². The molecule has 0 aliphatic carbocycles. The van der Waals surface area contributed by atoms with Crippen molar-refractivity contribution in [1.29, 1.82) is 0 Å². The van der Waals surface area contributed by atoms with Crippen LogP contribution >= 0.6 is 23.5 Å². The van der Waals surface area contributed by atoms with E-state index in [2.05, 4.69) is 48.5 Å². The van der Waals surface area contributed by atoms with Crippen molar-refractivity contribution in [3.05, 3.63) is 59.7 Å². The summed E-state index contributed by atoms with van der Waals surface area (Å²) in [5.41, 5.74) is 2.96.